The SMILES string of the molecule is COc1c(C)nc(/C(=C/N)N(C)N)[nH]c1=O. The first kappa shape index (κ1) is 12.1. The monoisotopic (exact) mass is 225 g/mol. The van der Waals surface area contributed by atoms with Crippen LogP contribution in [0.1, 0.15) is 11.5 Å². The standard InChI is InChI=1S/C9H15N5O2/c1-5-7(16-3)9(15)13-8(12-5)6(4-10)14(2)11/h4H,10-11H2,1-3H3,(H,12,13,15)/b6-4-. The summed E-state index contributed by atoms with van der Waals surface area (Å²) in [5, 5.41) is 1.27. The van der Waals surface area contributed by atoms with Crippen molar-refractivity contribution >= 4 is 5.70 Å². The van der Waals surface area contributed by atoms with Gasteiger partial charge >= 0.3 is 0 Å². The van der Waals surface area contributed by atoms with E-state index >= 15 is 0 Å². The molecule has 16 heavy (non-hydrogen) atoms. The second-order valence-corrected chi connectivity index (χ2v) is 3.20. The lowest BCUT2D eigenvalue weighted by molar-refractivity contribution is 0.401. The van der Waals surface area contributed by atoms with Crippen LogP contribution in [-0.4, -0.2) is 29.1 Å². The van der Waals surface area contributed by atoms with Gasteiger partial charge in [0.25, 0.3) is 5.56 Å². The van der Waals surface area contributed by atoms with Crippen molar-refractivity contribution in [3.05, 3.63) is 28.1 Å². The van der Waals surface area contributed by atoms with Crippen molar-refractivity contribution in [3.8, 4) is 5.75 Å². The summed E-state index contributed by atoms with van der Waals surface area (Å²) in [5.74, 6) is 6.02. The van der Waals surface area contributed by atoms with Crippen LogP contribution < -0.4 is 21.9 Å². The molecule has 0 aliphatic rings. The molecule has 0 aromatic carbocycles. The van der Waals surface area contributed by atoms with Gasteiger partial charge in [-0.3, -0.25) is 4.79 Å². The molecule has 0 spiro atoms. The van der Waals surface area contributed by atoms with Crippen molar-refractivity contribution in [2.24, 2.45) is 11.6 Å². The van der Waals surface area contributed by atoms with Crippen molar-refractivity contribution in [2.75, 3.05) is 14.2 Å². The molecule has 88 valence electrons. The number of aromatic amines is 1. The first-order valence-corrected chi connectivity index (χ1v) is 4.56. The van der Waals surface area contributed by atoms with E-state index in [1.807, 2.05) is 0 Å². The second kappa shape index (κ2) is 4.67. The lowest BCUT2D eigenvalue weighted by Gasteiger charge is -2.15. The van der Waals surface area contributed by atoms with Gasteiger partial charge in [-0.25, -0.2) is 10.8 Å². The maximum atomic E-state index is 11.6. The molecule has 1 aromatic rings. The minimum absolute atomic E-state index is 0.180. The summed E-state index contributed by atoms with van der Waals surface area (Å²) in [6.45, 7) is 1.67. The molecular formula is C9H15N5O2. The number of hydrazine groups is 1. The molecule has 5 N–H and O–H groups in total. The van der Waals surface area contributed by atoms with Crippen LogP contribution >= 0.6 is 0 Å². The zero-order valence-corrected chi connectivity index (χ0v) is 9.44. The molecule has 0 saturated carbocycles. The van der Waals surface area contributed by atoms with Crippen molar-refractivity contribution < 1.29 is 4.74 Å². The van der Waals surface area contributed by atoms with Crippen LogP contribution in [0.5, 0.6) is 5.75 Å². The zero-order chi connectivity index (χ0) is 12.3. The predicted octanol–water partition coefficient (Wildman–Crippen LogP) is -0.850. The Morgan fingerprint density at radius 2 is 2.25 bits per heavy atom. The number of nitrogens with zero attached hydrogens (tertiary/aromatic N) is 2. The molecule has 1 heterocycles. The van der Waals surface area contributed by atoms with Gasteiger partial charge in [0.1, 0.15) is 5.70 Å². The Kier molecular flexibility index (Phi) is 3.51. The molecule has 0 fully saturated rings. The van der Waals surface area contributed by atoms with Crippen LogP contribution in [0, 0.1) is 6.92 Å². The molecule has 0 saturated heterocycles. The van der Waals surface area contributed by atoms with E-state index in [0.29, 0.717) is 17.2 Å². The van der Waals surface area contributed by atoms with E-state index < -0.39 is 0 Å². The van der Waals surface area contributed by atoms with Crippen LogP contribution in [0.2, 0.25) is 0 Å². The first-order chi connectivity index (χ1) is 7.51. The molecule has 0 atom stereocenters. The van der Waals surface area contributed by atoms with Crippen LogP contribution in [0.15, 0.2) is 11.0 Å². The molecular weight excluding hydrogens is 210 g/mol. The van der Waals surface area contributed by atoms with E-state index in [4.69, 9.17) is 16.3 Å². The van der Waals surface area contributed by atoms with Gasteiger partial charge in [-0.15, -0.1) is 0 Å². The van der Waals surface area contributed by atoms with E-state index in [2.05, 4.69) is 9.97 Å². The van der Waals surface area contributed by atoms with Gasteiger partial charge in [0.2, 0.25) is 5.75 Å². The zero-order valence-electron chi connectivity index (χ0n) is 9.44. The molecule has 1 aromatic heterocycles. The topological polar surface area (TPSA) is 110 Å². The van der Waals surface area contributed by atoms with Gasteiger partial charge < -0.3 is 20.5 Å². The fraction of sp³-hybridized carbons (Fsp3) is 0.333. The van der Waals surface area contributed by atoms with Gasteiger partial charge in [0, 0.05) is 13.2 Å². The number of hydrogen-bond acceptors (Lipinski definition) is 6. The summed E-state index contributed by atoms with van der Waals surface area (Å²) in [6, 6.07) is 0. The smallest absolute Gasteiger partial charge is 0.293 e. The lowest BCUT2D eigenvalue weighted by atomic mass is 10.3. The highest BCUT2D eigenvalue weighted by atomic mass is 16.5. The van der Waals surface area contributed by atoms with Crippen molar-refractivity contribution in [2.45, 2.75) is 6.92 Å². The number of aryl methyl sites for hydroxylation is 1. The van der Waals surface area contributed by atoms with Crippen molar-refractivity contribution in [1.82, 2.24) is 15.0 Å². The van der Waals surface area contributed by atoms with Gasteiger partial charge in [-0.05, 0) is 6.92 Å². The normalized spacial score (nSPS) is 11.4. The second-order valence-electron chi connectivity index (χ2n) is 3.20. The lowest BCUT2D eigenvalue weighted by Crippen LogP contribution is -2.28. The van der Waals surface area contributed by atoms with E-state index in [0.717, 1.165) is 0 Å². The number of aromatic nitrogens is 2. The summed E-state index contributed by atoms with van der Waals surface area (Å²) < 4.78 is 4.90. The van der Waals surface area contributed by atoms with Crippen LogP contribution in [0.4, 0.5) is 0 Å². The Labute approximate surface area is 92.7 Å². The van der Waals surface area contributed by atoms with Gasteiger partial charge in [0.15, 0.2) is 5.82 Å². The summed E-state index contributed by atoms with van der Waals surface area (Å²) in [5.41, 5.74) is 5.92. The van der Waals surface area contributed by atoms with Gasteiger partial charge in [-0.1, -0.05) is 0 Å². The van der Waals surface area contributed by atoms with E-state index in [-0.39, 0.29) is 11.3 Å². The maximum Gasteiger partial charge on any atom is 0.293 e. The Morgan fingerprint density at radius 1 is 1.62 bits per heavy atom. The predicted molar refractivity (Wildman–Crippen MR) is 60.3 cm³/mol. The Balaban J connectivity index is 3.34. The fourth-order valence-corrected chi connectivity index (χ4v) is 1.30. The van der Waals surface area contributed by atoms with E-state index in [1.54, 1.807) is 14.0 Å². The first-order valence-electron chi connectivity index (χ1n) is 4.56. The highest BCUT2D eigenvalue weighted by molar-refractivity contribution is 5.56. The Morgan fingerprint density at radius 3 is 2.62 bits per heavy atom. The average Bonchev–Trinajstić information content (AvgIpc) is 2.17. The number of methoxy groups -OCH3 is 1. The van der Waals surface area contributed by atoms with Crippen LogP contribution in [0.3, 0.4) is 0 Å². The maximum absolute atomic E-state index is 11.6. The fourth-order valence-electron chi connectivity index (χ4n) is 1.30. The third-order valence-electron chi connectivity index (χ3n) is 2.03. The minimum Gasteiger partial charge on any atom is -0.490 e. The number of nitrogens with one attached hydrogen (secondary N) is 1. The summed E-state index contributed by atoms with van der Waals surface area (Å²) in [4.78, 5) is 18.3. The number of hydrogen-bond donors (Lipinski definition) is 3. The summed E-state index contributed by atoms with van der Waals surface area (Å²) in [7, 11) is 3.01. The third kappa shape index (κ3) is 2.14. The molecule has 0 amide bonds. The molecule has 0 bridgehead atoms. The highest BCUT2D eigenvalue weighted by Crippen LogP contribution is 2.12. The average molecular weight is 225 g/mol. The molecule has 0 unspecified atom stereocenters. The number of H-pyrrole nitrogens is 1. The molecule has 1 rings (SSSR count). The van der Waals surface area contributed by atoms with Crippen LogP contribution in [-0.2, 0) is 0 Å². The number of nitrogens with two attached hydrogens (primary N) is 2. The van der Waals surface area contributed by atoms with E-state index in [9.17, 15) is 4.79 Å². The molecule has 0 radical (unpaired) electrons. The molecule has 7 heteroatoms. The number of ether oxygens (including phenoxy) is 1. The van der Waals surface area contributed by atoms with Gasteiger partial charge in [-0.2, -0.15) is 0 Å². The molecule has 0 aliphatic heterocycles. The molecule has 7 nitrogen and oxygen atoms in total. The Bertz CT molecular complexity index is 463. The van der Waals surface area contributed by atoms with Crippen LogP contribution in [0.25, 0.3) is 5.70 Å². The number of rotatable bonds is 3. The van der Waals surface area contributed by atoms with Crippen molar-refractivity contribution in [1.29, 1.82) is 0 Å². The molecule has 0 aliphatic carbocycles. The Hall–Kier alpha value is -2.02. The largest absolute Gasteiger partial charge is 0.490 e. The third-order valence-corrected chi connectivity index (χ3v) is 2.03. The van der Waals surface area contributed by atoms with Gasteiger partial charge in [0.05, 0.1) is 12.8 Å². The summed E-state index contributed by atoms with van der Waals surface area (Å²) >= 11 is 0. The minimum atomic E-state index is -0.369. The highest BCUT2D eigenvalue weighted by Gasteiger charge is 2.12. The summed E-state index contributed by atoms with van der Waals surface area (Å²) in [6.07, 6.45) is 1.27. The van der Waals surface area contributed by atoms with Crippen molar-refractivity contribution in [3.63, 3.8) is 0 Å². The van der Waals surface area contributed by atoms with E-state index in [1.165, 1.54) is 18.3 Å². The quantitative estimate of drug-likeness (QED) is 0.456.